The summed E-state index contributed by atoms with van der Waals surface area (Å²) in [5.74, 6) is -4.23. The highest BCUT2D eigenvalue weighted by Crippen LogP contribution is 2.33. The SMILES string of the molecule is COc1cc(/C=C/C(=O)O[C@@H]2C[C@](O)(C(=O)O)C[C@@H](O)[C@H]2O)ccc1O[C@@H]1O[C@H](C(=O)O)[C@@H](O)[C@H](O)[C@H]1O. The number of rotatable bonds is 8. The van der Waals surface area contributed by atoms with Gasteiger partial charge in [-0.3, -0.25) is 0 Å². The summed E-state index contributed by atoms with van der Waals surface area (Å²) >= 11 is 0. The van der Waals surface area contributed by atoms with Crippen LogP contribution in [0.4, 0.5) is 0 Å². The molecule has 0 spiro atoms. The molecule has 1 aliphatic heterocycles. The van der Waals surface area contributed by atoms with Crippen molar-refractivity contribution >= 4 is 24.0 Å². The minimum atomic E-state index is -2.38. The Morgan fingerprint density at radius 2 is 1.66 bits per heavy atom. The highest BCUT2D eigenvalue weighted by molar-refractivity contribution is 5.87. The molecule has 0 amide bonds. The summed E-state index contributed by atoms with van der Waals surface area (Å²) in [4.78, 5) is 34.8. The first kappa shape index (κ1) is 29.2. The summed E-state index contributed by atoms with van der Waals surface area (Å²) in [7, 11) is 1.26. The second kappa shape index (κ2) is 11.6. The van der Waals surface area contributed by atoms with Gasteiger partial charge in [-0.1, -0.05) is 6.07 Å². The van der Waals surface area contributed by atoms with Crippen LogP contribution >= 0.6 is 0 Å². The van der Waals surface area contributed by atoms with Crippen LogP contribution in [-0.2, 0) is 23.9 Å². The molecule has 1 aromatic rings. The summed E-state index contributed by atoms with van der Waals surface area (Å²) < 4.78 is 20.8. The van der Waals surface area contributed by atoms with Gasteiger partial charge in [0.05, 0.1) is 13.2 Å². The number of ether oxygens (including phenoxy) is 4. The fraction of sp³-hybridized carbons (Fsp3) is 0.522. The maximum Gasteiger partial charge on any atom is 0.335 e. The van der Waals surface area contributed by atoms with Gasteiger partial charge in [0.1, 0.15) is 30.5 Å². The highest BCUT2D eigenvalue weighted by Gasteiger charge is 2.50. The standard InChI is InChI=1S/C23H28O15/c1-35-12-6-9(2-4-11(12)37-21-18(29)16(27)17(28)19(38-21)20(30)31)3-5-14(25)36-13-8-23(34,22(32)33)7-10(24)15(13)26/h2-6,10,13,15-19,21,24,26-29,34H,7-8H2,1H3,(H,30,31)(H,32,33)/b5-3+/t10-,13-,15-,16+,17+,18-,19+,21-,23+/m1/s1. The molecule has 2 aliphatic rings. The summed E-state index contributed by atoms with van der Waals surface area (Å²) in [6, 6.07) is 4.11. The van der Waals surface area contributed by atoms with Gasteiger partial charge in [0.15, 0.2) is 23.2 Å². The second-order valence-electron chi connectivity index (χ2n) is 8.87. The Balaban J connectivity index is 1.69. The molecule has 1 heterocycles. The minimum absolute atomic E-state index is 0.0427. The van der Waals surface area contributed by atoms with Crippen molar-refractivity contribution in [2.45, 2.75) is 67.5 Å². The third kappa shape index (κ3) is 6.21. The third-order valence-corrected chi connectivity index (χ3v) is 6.18. The molecule has 210 valence electrons. The molecule has 1 saturated carbocycles. The lowest BCUT2D eigenvalue weighted by Crippen LogP contribution is -2.61. The number of methoxy groups -OCH3 is 1. The number of carboxylic acid groups (broad SMARTS) is 2. The predicted octanol–water partition coefficient (Wildman–Crippen LogP) is -2.78. The number of esters is 1. The Morgan fingerprint density at radius 1 is 0.974 bits per heavy atom. The van der Waals surface area contributed by atoms with Gasteiger partial charge < -0.3 is 59.8 Å². The van der Waals surface area contributed by atoms with Crippen LogP contribution in [-0.4, -0.2) is 120 Å². The van der Waals surface area contributed by atoms with Gasteiger partial charge >= 0.3 is 17.9 Å². The maximum atomic E-state index is 12.3. The lowest BCUT2D eigenvalue weighted by atomic mass is 9.79. The van der Waals surface area contributed by atoms with Crippen LogP contribution in [0.5, 0.6) is 11.5 Å². The molecule has 15 heteroatoms. The number of aliphatic carboxylic acids is 2. The number of aliphatic hydroxyl groups excluding tert-OH is 5. The van der Waals surface area contributed by atoms with E-state index in [-0.39, 0.29) is 11.5 Å². The quantitative estimate of drug-likeness (QED) is 0.122. The van der Waals surface area contributed by atoms with Gasteiger partial charge in [-0.25, -0.2) is 14.4 Å². The van der Waals surface area contributed by atoms with E-state index in [0.717, 1.165) is 6.08 Å². The maximum absolute atomic E-state index is 12.3. The van der Waals surface area contributed by atoms with Crippen LogP contribution in [0.25, 0.3) is 6.08 Å². The predicted molar refractivity (Wildman–Crippen MR) is 121 cm³/mol. The molecule has 0 aromatic heterocycles. The fourth-order valence-electron chi connectivity index (χ4n) is 4.05. The number of aliphatic hydroxyl groups is 6. The Kier molecular flexibility index (Phi) is 8.94. The topological polar surface area (TPSA) is 250 Å². The van der Waals surface area contributed by atoms with Gasteiger partial charge in [-0.05, 0) is 23.8 Å². The molecule has 3 rings (SSSR count). The number of benzene rings is 1. The molecule has 1 aromatic carbocycles. The molecule has 9 atom stereocenters. The molecule has 1 saturated heterocycles. The lowest BCUT2D eigenvalue weighted by molar-refractivity contribution is -0.271. The zero-order chi connectivity index (χ0) is 28.4. The Morgan fingerprint density at radius 3 is 2.26 bits per heavy atom. The van der Waals surface area contributed by atoms with Crippen molar-refractivity contribution in [1.29, 1.82) is 0 Å². The summed E-state index contributed by atoms with van der Waals surface area (Å²) in [5.41, 5.74) is -2.04. The molecular weight excluding hydrogens is 516 g/mol. The van der Waals surface area contributed by atoms with Crippen LogP contribution in [0.2, 0.25) is 0 Å². The lowest BCUT2D eigenvalue weighted by Gasteiger charge is -2.39. The van der Waals surface area contributed by atoms with Crippen LogP contribution in [0, 0.1) is 0 Å². The number of carbonyl (C=O) groups is 3. The minimum Gasteiger partial charge on any atom is -0.493 e. The highest BCUT2D eigenvalue weighted by atomic mass is 16.7. The number of hydrogen-bond donors (Lipinski definition) is 8. The summed E-state index contributed by atoms with van der Waals surface area (Å²) in [6.45, 7) is 0. The molecule has 38 heavy (non-hydrogen) atoms. The molecular formula is C23H28O15. The van der Waals surface area contributed by atoms with Crippen molar-refractivity contribution in [3.05, 3.63) is 29.8 Å². The average Bonchev–Trinajstić information content (AvgIpc) is 2.86. The van der Waals surface area contributed by atoms with Crippen LogP contribution in [0.15, 0.2) is 24.3 Å². The van der Waals surface area contributed by atoms with Crippen LogP contribution < -0.4 is 9.47 Å². The van der Waals surface area contributed by atoms with E-state index in [1.807, 2.05) is 0 Å². The number of carbonyl (C=O) groups excluding carboxylic acids is 1. The van der Waals surface area contributed by atoms with Crippen molar-refractivity contribution in [3.8, 4) is 11.5 Å². The summed E-state index contributed by atoms with van der Waals surface area (Å²) in [5, 5.41) is 78.2. The molecule has 0 unspecified atom stereocenters. The molecule has 1 aliphatic carbocycles. The van der Waals surface area contributed by atoms with Gasteiger partial charge in [0, 0.05) is 18.9 Å². The van der Waals surface area contributed by atoms with Crippen molar-refractivity contribution < 1.29 is 74.2 Å². The van der Waals surface area contributed by atoms with Crippen LogP contribution in [0.3, 0.4) is 0 Å². The smallest absolute Gasteiger partial charge is 0.335 e. The van der Waals surface area contributed by atoms with Crippen molar-refractivity contribution in [2.75, 3.05) is 7.11 Å². The van der Waals surface area contributed by atoms with E-state index in [1.54, 1.807) is 0 Å². The van der Waals surface area contributed by atoms with Gasteiger partial charge in [-0.15, -0.1) is 0 Å². The monoisotopic (exact) mass is 544 g/mol. The number of carboxylic acids is 2. The number of hydrogen-bond acceptors (Lipinski definition) is 13. The average molecular weight is 544 g/mol. The van der Waals surface area contributed by atoms with Gasteiger partial charge in [-0.2, -0.15) is 0 Å². The van der Waals surface area contributed by atoms with E-state index in [4.69, 9.17) is 29.2 Å². The fourth-order valence-corrected chi connectivity index (χ4v) is 4.05. The molecule has 0 radical (unpaired) electrons. The van der Waals surface area contributed by atoms with Gasteiger partial charge in [0.25, 0.3) is 0 Å². The molecule has 15 nitrogen and oxygen atoms in total. The van der Waals surface area contributed by atoms with E-state index < -0.39 is 85.4 Å². The zero-order valence-electron chi connectivity index (χ0n) is 19.9. The zero-order valence-corrected chi connectivity index (χ0v) is 19.9. The largest absolute Gasteiger partial charge is 0.493 e. The van der Waals surface area contributed by atoms with Crippen molar-refractivity contribution in [1.82, 2.24) is 0 Å². The van der Waals surface area contributed by atoms with E-state index in [9.17, 15) is 45.0 Å². The molecule has 2 fully saturated rings. The van der Waals surface area contributed by atoms with Crippen molar-refractivity contribution in [3.63, 3.8) is 0 Å². The first-order valence-electron chi connectivity index (χ1n) is 11.2. The normalized spacial score (nSPS) is 35.4. The van der Waals surface area contributed by atoms with E-state index in [1.165, 1.54) is 31.4 Å². The Hall–Kier alpha value is -3.31. The first-order chi connectivity index (χ1) is 17.8. The summed E-state index contributed by atoms with van der Waals surface area (Å²) in [6.07, 6.45) is -12.9. The Labute approximate surface area is 214 Å². The molecule has 0 bridgehead atoms. The first-order valence-corrected chi connectivity index (χ1v) is 11.2. The third-order valence-electron chi connectivity index (χ3n) is 6.18. The van der Waals surface area contributed by atoms with Crippen molar-refractivity contribution in [2.24, 2.45) is 0 Å². The molecule has 8 N–H and O–H groups in total. The van der Waals surface area contributed by atoms with Gasteiger partial charge in [0.2, 0.25) is 6.29 Å². The van der Waals surface area contributed by atoms with E-state index in [2.05, 4.69) is 0 Å². The second-order valence-corrected chi connectivity index (χ2v) is 8.87. The van der Waals surface area contributed by atoms with E-state index in [0.29, 0.717) is 5.56 Å². The Bertz CT molecular complexity index is 1070. The van der Waals surface area contributed by atoms with Crippen LogP contribution in [0.1, 0.15) is 18.4 Å². The van der Waals surface area contributed by atoms with E-state index >= 15 is 0 Å².